The van der Waals surface area contributed by atoms with Gasteiger partial charge < -0.3 is 62.0 Å². The number of ether oxygens (including phenoxy) is 1. The number of anilines is 8. The highest BCUT2D eigenvalue weighted by atomic mass is 127. The fraction of sp³-hybridized carbons (Fsp3) is 0.381. The first-order valence-corrected chi connectivity index (χ1v) is 43.3. The number of carbonyl (C=O) groups excluding carboxylic acids is 4. The average Bonchev–Trinajstić information content (AvgIpc) is 0.829. The smallest absolute Gasteiger partial charge is 0.270 e. The largest absolute Gasteiger partial charge is 0.379 e. The van der Waals surface area contributed by atoms with E-state index in [-0.39, 0.29) is 46.1 Å². The van der Waals surface area contributed by atoms with Crippen molar-refractivity contribution in [2.24, 2.45) is 0 Å². The maximum atomic E-state index is 13.7. The molecule has 8 aromatic carbocycles. The molecule has 113 heavy (non-hydrogen) atoms. The highest BCUT2D eigenvalue weighted by molar-refractivity contribution is 14.1. The molecule has 2 aliphatic rings. The summed E-state index contributed by atoms with van der Waals surface area (Å²) >= 11 is 12.5. The Morgan fingerprint density at radius 3 is 1.12 bits per heavy atom. The summed E-state index contributed by atoms with van der Waals surface area (Å²) in [5, 5.41) is 47.3. The molecule has 0 aromatic heterocycles. The van der Waals surface area contributed by atoms with Gasteiger partial charge >= 0.3 is 0 Å². The van der Waals surface area contributed by atoms with Crippen LogP contribution in [0.3, 0.4) is 0 Å². The molecule has 4 amide bonds. The lowest BCUT2D eigenvalue weighted by atomic mass is 10.1. The van der Waals surface area contributed by atoms with Crippen molar-refractivity contribution in [3.8, 4) is 0 Å². The van der Waals surface area contributed by atoms with Gasteiger partial charge in [0.2, 0.25) is 0 Å². The van der Waals surface area contributed by atoms with Crippen molar-refractivity contribution in [2.45, 2.75) is 93.9 Å². The van der Waals surface area contributed by atoms with E-state index in [1.165, 1.54) is 59.2 Å². The summed E-state index contributed by atoms with van der Waals surface area (Å²) in [7, 11) is 0. The fourth-order valence-electron chi connectivity index (χ4n) is 12.5. The molecule has 10 rings (SSSR count). The van der Waals surface area contributed by atoms with E-state index >= 15 is 0 Å². The molecule has 0 saturated carbocycles. The van der Waals surface area contributed by atoms with Crippen LogP contribution in [0.1, 0.15) is 130 Å². The van der Waals surface area contributed by atoms with Crippen LogP contribution in [-0.4, -0.2) is 171 Å². The van der Waals surface area contributed by atoms with Crippen molar-refractivity contribution in [3.63, 3.8) is 0 Å². The number of aryl methyl sites for hydroxylation is 4. The number of rotatable bonds is 33. The Balaban J connectivity index is 0.000000209. The van der Waals surface area contributed by atoms with Crippen molar-refractivity contribution in [2.75, 3.05) is 139 Å². The molecule has 8 N–H and O–H groups in total. The van der Waals surface area contributed by atoms with Crippen molar-refractivity contribution >= 4 is 187 Å². The Labute approximate surface area is 727 Å². The quantitative estimate of drug-likeness (QED) is 0.00822. The lowest BCUT2D eigenvalue weighted by Crippen LogP contribution is -2.41. The van der Waals surface area contributed by atoms with Crippen LogP contribution in [0.5, 0.6) is 0 Å². The molecule has 0 bridgehead atoms. The van der Waals surface area contributed by atoms with Gasteiger partial charge in [0.15, 0.2) is 0 Å². The first-order valence-electron chi connectivity index (χ1n) is 38.1. The van der Waals surface area contributed by atoms with Gasteiger partial charge in [-0.15, -0.1) is 0 Å². The lowest BCUT2D eigenvalue weighted by molar-refractivity contribution is -0.385. The van der Waals surface area contributed by atoms with Crippen LogP contribution in [0.25, 0.3) is 0 Å². The van der Waals surface area contributed by atoms with Gasteiger partial charge in [-0.25, -0.2) is 4.39 Å². The minimum Gasteiger partial charge on any atom is -0.379 e. The van der Waals surface area contributed by atoms with Crippen LogP contribution in [0.15, 0.2) is 150 Å². The van der Waals surface area contributed by atoms with Crippen LogP contribution < -0.4 is 42.5 Å². The zero-order chi connectivity index (χ0) is 81.9. The van der Waals surface area contributed by atoms with Crippen molar-refractivity contribution < 1.29 is 38.2 Å². The topological polar surface area (TPSA) is 273 Å². The number of amides is 4. The molecule has 2 saturated heterocycles. The summed E-state index contributed by atoms with van der Waals surface area (Å²) in [6.07, 6.45) is 6.33. The third-order valence-electron chi connectivity index (χ3n) is 19.1. The number of nitrogens with one attached hydrogen (secondary N) is 8. The molecule has 0 aliphatic carbocycles. The third kappa shape index (κ3) is 31.4. The van der Waals surface area contributed by atoms with Crippen LogP contribution in [0.2, 0.25) is 0 Å². The predicted octanol–water partition coefficient (Wildman–Crippen LogP) is 18.7. The number of non-ortho nitro benzene ring substituents is 2. The van der Waals surface area contributed by atoms with Crippen LogP contribution >= 0.6 is 106 Å². The predicted molar refractivity (Wildman–Crippen MR) is 492 cm³/mol. The molecule has 8 aromatic rings. The van der Waals surface area contributed by atoms with Gasteiger partial charge in [0.25, 0.3) is 35.0 Å². The number of benzene rings is 8. The molecular weight excluding hydrogens is 1960 g/mol. The first-order chi connectivity index (χ1) is 54.2. The van der Waals surface area contributed by atoms with Gasteiger partial charge in [0.05, 0.1) is 68.1 Å². The molecule has 29 heteroatoms. The van der Waals surface area contributed by atoms with Gasteiger partial charge in [0, 0.05) is 112 Å². The Hall–Kier alpha value is -7.23. The van der Waals surface area contributed by atoms with Gasteiger partial charge in [-0.1, -0.05) is 50.0 Å². The number of morpholine rings is 1. The highest BCUT2D eigenvalue weighted by Gasteiger charge is 2.22. The normalized spacial score (nSPS) is 12.7. The molecule has 2 heterocycles. The molecule has 0 radical (unpaired) electrons. The number of nitro benzene ring substituents is 2. The summed E-state index contributed by atoms with van der Waals surface area (Å²) in [6, 6.07) is 42.7. The number of piperidine rings is 1. The summed E-state index contributed by atoms with van der Waals surface area (Å²) in [6.45, 7) is 31.9. The minimum atomic E-state index is -0.489. The number of halogens is 6. The maximum absolute atomic E-state index is 13.7. The molecule has 23 nitrogen and oxygen atoms in total. The molecular formula is C84H104BrFI4N14O9. The zero-order valence-electron chi connectivity index (χ0n) is 65.5. The van der Waals surface area contributed by atoms with E-state index < -0.39 is 15.7 Å². The number of hydrogen-bond donors (Lipinski definition) is 8. The van der Waals surface area contributed by atoms with E-state index in [0.29, 0.717) is 54.4 Å². The zero-order valence-corrected chi connectivity index (χ0v) is 75.7. The van der Waals surface area contributed by atoms with Crippen LogP contribution in [0.4, 0.5) is 61.3 Å². The molecule has 2 aliphatic heterocycles. The van der Waals surface area contributed by atoms with E-state index in [9.17, 15) is 43.8 Å². The molecule has 0 spiro atoms. The van der Waals surface area contributed by atoms with E-state index in [0.717, 1.165) is 177 Å². The average molecular weight is 2060 g/mol. The Morgan fingerprint density at radius 1 is 0.425 bits per heavy atom. The van der Waals surface area contributed by atoms with E-state index in [4.69, 9.17) is 4.74 Å². The maximum Gasteiger partial charge on any atom is 0.270 e. The van der Waals surface area contributed by atoms with E-state index in [2.05, 4.69) is 221 Å². The second-order valence-electron chi connectivity index (χ2n) is 27.2. The highest BCUT2D eigenvalue weighted by Crippen LogP contribution is 2.33. The third-order valence-corrected chi connectivity index (χ3v) is 22.2. The second-order valence-corrected chi connectivity index (χ2v) is 33.1. The van der Waals surface area contributed by atoms with Gasteiger partial charge in [-0.05, 0) is 353 Å². The number of carbonyl (C=O) groups is 4. The fourth-order valence-corrected chi connectivity index (χ4v) is 15.4. The monoisotopic (exact) mass is 2060 g/mol. The van der Waals surface area contributed by atoms with Crippen LogP contribution in [-0.2, 0) is 4.74 Å². The van der Waals surface area contributed by atoms with Gasteiger partial charge in [0.1, 0.15) is 5.82 Å². The lowest BCUT2D eigenvalue weighted by Gasteiger charge is -2.26. The summed E-state index contributed by atoms with van der Waals surface area (Å²) < 4.78 is 24.5. The van der Waals surface area contributed by atoms with Crippen LogP contribution in [0, 0.1) is 68.0 Å². The summed E-state index contributed by atoms with van der Waals surface area (Å²) in [5.74, 6) is -1.38. The Morgan fingerprint density at radius 2 is 0.752 bits per heavy atom. The molecule has 0 atom stereocenters. The number of nitro groups is 2. The SMILES string of the molecule is CCN(CC)CCCNC(=O)c1cc(F)ccc1Nc1ccc(I)cc1C.CCN(CC)CCCNC(=O)c1cc([N+](=O)[O-])ccc1Nc1ccc(I)cc1C.Cc1cc(I)ccc1Nc1ccc(Br)cc1C(=O)NCCN1CCOCC1.Cc1cc(I)ccc1Nc1ccc([N+](=O)[O-])cc1C(=O)NCCCN1CCCCC1. The number of hydrogen-bond acceptors (Lipinski definition) is 17. The van der Waals surface area contributed by atoms with Crippen molar-refractivity contribution in [1.29, 1.82) is 0 Å². The number of likely N-dealkylation sites (tertiary alicyclic amines) is 1. The standard InChI is InChI=1S/C22H27IN4O3.C21H27FIN3O.C21H27IN4O3.C20H23BrIN3O2/c1-16-14-17(23)6-8-20(16)25-21-9-7-18(27(29)30)15-19(21)22(28)24-10-5-13-26-11-3-2-4-12-26;1-4-26(5-2)12-6-11-24-21(27)18-14-16(22)7-9-20(18)25-19-10-8-17(23)13-15(19)3;1-4-25(5-2)12-6-11-23-21(27)18-14-17(26(28)29)8-10-20(18)24-19-9-7-16(22)13-15(19)3;1-14-12-16(22)3-5-18(14)24-19-4-2-15(21)13-17(19)20(26)23-6-7-25-8-10-27-11-9-25/h6-9,14-15,25H,2-5,10-13H2,1H3,(H,24,28);7-10,13-14,25H,4-6,11-12H2,1-3H3,(H,24,27);7-10,13-14,24H,4-6,11-12H2,1-3H3,(H,23,27);2-5,12-13,24H,6-11H2,1H3,(H,23,26). The Bertz CT molecular complexity index is 4490. The first kappa shape index (κ1) is 92.9. The summed E-state index contributed by atoms with van der Waals surface area (Å²) in [5.41, 5.74) is 11.7. The molecule has 606 valence electrons. The van der Waals surface area contributed by atoms with Crippen molar-refractivity contribution in [3.05, 3.63) is 235 Å². The van der Waals surface area contributed by atoms with Crippen molar-refractivity contribution in [1.82, 2.24) is 40.9 Å². The van der Waals surface area contributed by atoms with Gasteiger partial charge in [-0.2, -0.15) is 0 Å². The Kier molecular flexibility index (Phi) is 40.3. The van der Waals surface area contributed by atoms with E-state index in [1.54, 1.807) is 18.2 Å². The summed E-state index contributed by atoms with van der Waals surface area (Å²) in [4.78, 5) is 81.7. The number of nitrogens with zero attached hydrogens (tertiary/aromatic N) is 6. The molecule has 0 unspecified atom stereocenters. The van der Waals surface area contributed by atoms with E-state index in [1.807, 2.05) is 93.6 Å². The minimum absolute atomic E-state index is 0.0739. The second kappa shape index (κ2) is 49.0. The van der Waals surface area contributed by atoms with Gasteiger partial charge in [-0.3, -0.25) is 44.3 Å². The molecule has 2 fully saturated rings.